The third-order valence-electron chi connectivity index (χ3n) is 13.7. The summed E-state index contributed by atoms with van der Waals surface area (Å²) in [5.74, 6) is -16.7. The van der Waals surface area contributed by atoms with Crippen molar-refractivity contribution < 1.29 is 33.6 Å². The largest absolute Gasteiger partial charge is 0.383 e. The smallest absolute Gasteiger partial charge is 0.353 e. The molecule has 9 rings (SSSR count). The average Bonchev–Trinajstić information content (AvgIpc) is 1.37. The molecule has 0 aliphatic carbocycles. The Morgan fingerprint density at radius 2 is 0.862 bits per heavy atom. The Labute approximate surface area is 520 Å². The molecule has 7 atom stereocenters. The van der Waals surface area contributed by atoms with Gasteiger partial charge in [0.25, 0.3) is 41.2 Å². The first kappa shape index (κ1) is 64.8. The van der Waals surface area contributed by atoms with Crippen LogP contribution in [0.4, 0.5) is 40.7 Å². The standard InChI is InChI=1S/C48H54N34O12/c49-9-2-1-3-19(30(58)83)65-38(85)35(78-12-6-22(52)68-45(78)92)74-42(89)48(81-14-8-24(54)70-47(81)94,82-18-64-26-28(56)60-16-62-32(26)82)75-41(88)36(79-13-7-23(53)69-46(79)93)73-40(87)34(80-17-63-25-27(55)59-15-61-31(25)80)72-39(86)33(77-11-5-21(51)67-44(77)91)71-37(84)29(57)76-10-4-20(50)66-43(76)90/h4-8,10-19,29,33-36H,1-3,9,49,57H2,(H2,58,83)(H,65,85)(H,71,84)(H,72,86)(H,73,87)(H,74,89)(H,75,88)(H2,50,66,90)(H2,51,67,91)(H2,52,68,92)(H2,53,69,93)(H2,54,70,94)(H2,55,59,61)(H2,56,60,62)/t19-,29-,33-,34-,35-,36-,48-/m0/s1. The van der Waals surface area contributed by atoms with Crippen molar-refractivity contribution in [2.75, 3.05) is 46.7 Å². The van der Waals surface area contributed by atoms with E-state index in [9.17, 15) is 38.4 Å². The summed E-state index contributed by atoms with van der Waals surface area (Å²) in [4.78, 5) is 216. The fraction of sp³-hybridized carbons (Fsp3) is 0.229. The predicted molar refractivity (Wildman–Crippen MR) is 322 cm³/mol. The summed E-state index contributed by atoms with van der Waals surface area (Å²) >= 11 is 0. The maximum absolute atomic E-state index is 16.2. The summed E-state index contributed by atoms with van der Waals surface area (Å²) in [6.07, 6.45) is -3.59. The van der Waals surface area contributed by atoms with Crippen LogP contribution in [0.5, 0.6) is 0 Å². The van der Waals surface area contributed by atoms with Gasteiger partial charge in [-0.25, -0.2) is 58.4 Å². The molecule has 0 bridgehead atoms. The molecule has 9 aromatic rings. The number of amides is 7. The number of hydrogen-bond acceptors (Lipinski definition) is 32. The molecule has 0 saturated heterocycles. The quantitative estimate of drug-likeness (QED) is 0.0250. The van der Waals surface area contributed by atoms with Gasteiger partial charge in [-0.2, -0.15) is 24.9 Å². The van der Waals surface area contributed by atoms with Gasteiger partial charge in [-0.1, -0.05) is 0 Å². The van der Waals surface area contributed by atoms with Gasteiger partial charge in [0.05, 0.1) is 6.33 Å². The average molecular weight is 1300 g/mol. The minimum Gasteiger partial charge on any atom is -0.383 e. The molecule has 0 aliphatic rings. The highest BCUT2D eigenvalue weighted by atomic mass is 16.2. The van der Waals surface area contributed by atoms with E-state index in [2.05, 4.69) is 86.7 Å². The Balaban J connectivity index is 1.22. The molecule has 0 radical (unpaired) electrons. The number of carbonyl (C=O) groups excluding carboxylic acids is 7. The maximum atomic E-state index is 16.2. The SMILES string of the molecule is NCCCC[C@H](NC(=O)[C@@H](NC(=O)[C@](NC(=O)[C@@H](NC(=O)[C@@H](NC(=O)[C@@H](NC(=O)[C@@H](N)n1ccc(N)nc1=O)n1ccc(N)nc1=O)n1cnc2c(N)ncnc21)n1ccc(N)nc1=O)(n1ccc(N)nc1=O)n1cnc2c(N)ncnc21)n1ccc(N)nc1=O)C(N)=O. The summed E-state index contributed by atoms with van der Waals surface area (Å²) < 4.78 is 3.84. The van der Waals surface area contributed by atoms with Crippen molar-refractivity contribution in [3.8, 4) is 0 Å². The zero-order valence-corrected chi connectivity index (χ0v) is 48.1. The number of rotatable bonds is 24. The number of carbonyl (C=O) groups is 7. The normalized spacial score (nSPS) is 13.9. The molecule has 9 heterocycles. The van der Waals surface area contributed by atoms with E-state index in [0.717, 1.165) is 91.2 Å². The fourth-order valence-corrected chi connectivity index (χ4v) is 9.14. The van der Waals surface area contributed by atoms with Crippen LogP contribution in [-0.4, -0.2) is 141 Å². The Kier molecular flexibility index (Phi) is 18.3. The van der Waals surface area contributed by atoms with E-state index in [1.54, 1.807) is 0 Å². The van der Waals surface area contributed by atoms with E-state index in [0.29, 0.717) is 33.8 Å². The van der Waals surface area contributed by atoms with E-state index in [-0.39, 0.29) is 65.2 Å². The van der Waals surface area contributed by atoms with E-state index < -0.39 is 130 Å². The second-order valence-corrected chi connectivity index (χ2v) is 19.8. The highest BCUT2D eigenvalue weighted by Crippen LogP contribution is 2.27. The number of fused-ring (bicyclic) bond motifs is 2. The summed E-state index contributed by atoms with van der Waals surface area (Å²) in [5, 5.41) is 13.7. The molecule has 0 unspecified atom stereocenters. The van der Waals surface area contributed by atoms with Crippen molar-refractivity contribution in [2.24, 2.45) is 17.2 Å². The minimum absolute atomic E-state index is 0.128. The number of aromatic nitrogens is 18. The molecular weight excluding hydrogens is 1240 g/mol. The second-order valence-electron chi connectivity index (χ2n) is 19.8. The van der Waals surface area contributed by atoms with Crippen molar-refractivity contribution in [1.29, 1.82) is 0 Å². The zero-order chi connectivity index (χ0) is 68.0. The summed E-state index contributed by atoms with van der Waals surface area (Å²) in [7, 11) is 0. The number of nitrogens with one attached hydrogen (secondary N) is 6. The lowest BCUT2D eigenvalue weighted by Gasteiger charge is -2.38. The van der Waals surface area contributed by atoms with Crippen LogP contribution in [-0.2, 0) is 39.3 Å². The molecular formula is C48H54N34O12. The highest BCUT2D eigenvalue weighted by Gasteiger charge is 2.50. The van der Waals surface area contributed by atoms with Crippen LogP contribution < -0.4 is 118 Å². The number of primary amides is 1. The van der Waals surface area contributed by atoms with Gasteiger partial charge in [0.15, 0.2) is 53.8 Å². The van der Waals surface area contributed by atoms with Crippen LogP contribution in [0, 0.1) is 0 Å². The lowest BCUT2D eigenvalue weighted by molar-refractivity contribution is -0.145. The highest BCUT2D eigenvalue weighted by molar-refractivity contribution is 5.98. The van der Waals surface area contributed by atoms with Gasteiger partial charge in [-0.15, -0.1) is 0 Å². The zero-order valence-electron chi connectivity index (χ0n) is 48.1. The number of nitrogens with zero attached hydrogens (tertiary/aromatic N) is 18. The van der Waals surface area contributed by atoms with Crippen LogP contribution in [0.1, 0.15) is 50.1 Å². The monoisotopic (exact) mass is 1300 g/mol. The third kappa shape index (κ3) is 13.1. The first-order valence-corrected chi connectivity index (χ1v) is 26.9. The molecule has 0 saturated carbocycles. The molecule has 7 amide bonds. The Morgan fingerprint density at radius 3 is 1.35 bits per heavy atom. The number of nitrogens with two attached hydrogens (primary N) is 10. The van der Waals surface area contributed by atoms with Crippen LogP contribution in [0.15, 0.2) is 111 Å². The molecule has 0 spiro atoms. The lowest BCUT2D eigenvalue weighted by Crippen LogP contribution is -2.69. The molecule has 9 aromatic heterocycles. The van der Waals surface area contributed by atoms with E-state index >= 15 is 19.2 Å². The summed E-state index contributed by atoms with van der Waals surface area (Å²) in [6, 6.07) is 3.53. The van der Waals surface area contributed by atoms with E-state index in [1.807, 2.05) is 0 Å². The van der Waals surface area contributed by atoms with E-state index in [1.165, 1.54) is 0 Å². The number of unbranched alkanes of at least 4 members (excludes halogenated alkanes) is 1. The minimum atomic E-state index is -3.48. The van der Waals surface area contributed by atoms with Gasteiger partial charge in [0, 0.05) is 31.0 Å². The van der Waals surface area contributed by atoms with Gasteiger partial charge in [-0.3, -0.25) is 61.0 Å². The Hall–Kier alpha value is -13.7. The van der Waals surface area contributed by atoms with Gasteiger partial charge in [0.1, 0.15) is 65.1 Å². The van der Waals surface area contributed by atoms with Crippen LogP contribution in [0.2, 0.25) is 0 Å². The van der Waals surface area contributed by atoms with Crippen LogP contribution >= 0.6 is 0 Å². The molecule has 46 nitrogen and oxygen atoms in total. The van der Waals surface area contributed by atoms with Crippen molar-refractivity contribution in [3.05, 3.63) is 139 Å². The molecule has 0 aromatic carbocycles. The first-order valence-electron chi connectivity index (χ1n) is 26.9. The predicted octanol–water partition coefficient (Wildman–Crippen LogP) is -10.4. The number of hydrogen-bond donors (Lipinski definition) is 16. The molecule has 0 aliphatic heterocycles. The topological polar surface area (TPSA) is 714 Å². The van der Waals surface area contributed by atoms with Crippen molar-refractivity contribution in [2.45, 2.75) is 61.9 Å². The van der Waals surface area contributed by atoms with Gasteiger partial charge >= 0.3 is 28.4 Å². The van der Waals surface area contributed by atoms with Crippen molar-refractivity contribution in [1.82, 2.24) is 119 Å². The van der Waals surface area contributed by atoms with Crippen LogP contribution in [0.3, 0.4) is 0 Å². The van der Waals surface area contributed by atoms with Crippen LogP contribution in [0.25, 0.3) is 22.3 Å². The first-order chi connectivity index (χ1) is 44.7. The van der Waals surface area contributed by atoms with Gasteiger partial charge < -0.3 is 89.2 Å². The van der Waals surface area contributed by atoms with Gasteiger partial charge in [-0.05, 0) is 56.1 Å². The second kappa shape index (κ2) is 26.6. The maximum Gasteiger partial charge on any atom is 0.353 e. The lowest BCUT2D eigenvalue weighted by atomic mass is 10.1. The van der Waals surface area contributed by atoms with E-state index in [4.69, 9.17) is 57.3 Å². The molecule has 94 heavy (non-hydrogen) atoms. The Morgan fingerprint density at radius 1 is 0.447 bits per heavy atom. The summed E-state index contributed by atoms with van der Waals surface area (Å²) in [6.45, 7) is 0.163. The molecule has 46 heteroatoms. The Bertz CT molecular complexity index is 4800. The van der Waals surface area contributed by atoms with Crippen molar-refractivity contribution >= 4 is 104 Å². The summed E-state index contributed by atoms with van der Waals surface area (Å²) in [5.41, 5.74) is 50.7. The fourth-order valence-electron chi connectivity index (χ4n) is 9.14. The number of nitrogen functional groups attached to an aromatic ring is 7. The van der Waals surface area contributed by atoms with Gasteiger partial charge in [0.2, 0.25) is 5.91 Å². The number of anilines is 7. The molecule has 488 valence electrons. The molecule has 26 N–H and O–H groups in total. The number of imidazole rings is 2. The molecule has 0 fully saturated rings. The van der Waals surface area contributed by atoms with Crippen molar-refractivity contribution in [3.63, 3.8) is 0 Å². The third-order valence-corrected chi connectivity index (χ3v) is 13.7.